The van der Waals surface area contributed by atoms with E-state index in [-0.39, 0.29) is 6.61 Å². The Bertz CT molecular complexity index is 1110. The lowest BCUT2D eigenvalue weighted by atomic mass is 10.1. The zero-order valence-corrected chi connectivity index (χ0v) is 17.7. The van der Waals surface area contributed by atoms with E-state index < -0.39 is 11.9 Å². The van der Waals surface area contributed by atoms with Gasteiger partial charge in [0.15, 0.2) is 0 Å². The smallest absolute Gasteiger partial charge is 0.341 e. The lowest BCUT2D eigenvalue weighted by Gasteiger charge is -2.19. The van der Waals surface area contributed by atoms with E-state index in [1.54, 1.807) is 25.1 Å². The van der Waals surface area contributed by atoms with Crippen LogP contribution in [-0.2, 0) is 9.47 Å². The molecule has 0 atom stereocenters. The zero-order chi connectivity index (χ0) is 21.8. The van der Waals surface area contributed by atoms with Gasteiger partial charge in [0.25, 0.3) is 0 Å². The van der Waals surface area contributed by atoms with Gasteiger partial charge >= 0.3 is 11.9 Å². The van der Waals surface area contributed by atoms with Crippen LogP contribution >= 0.6 is 0 Å². The average Bonchev–Trinajstić information content (AvgIpc) is 3.34. The molecule has 0 radical (unpaired) electrons. The summed E-state index contributed by atoms with van der Waals surface area (Å²) in [7, 11) is 1.33. The molecule has 31 heavy (non-hydrogen) atoms. The number of carbonyl (C=O) groups is 2. The summed E-state index contributed by atoms with van der Waals surface area (Å²) in [4.78, 5) is 31.4. The molecular weight excluding hydrogens is 394 g/mol. The summed E-state index contributed by atoms with van der Waals surface area (Å²) in [5.74, 6) is -0.930. The first-order chi connectivity index (χ1) is 15.1. The van der Waals surface area contributed by atoms with Crippen molar-refractivity contribution in [3.05, 3.63) is 59.8 Å². The number of nitrogens with one attached hydrogen (secondary N) is 1. The summed E-state index contributed by atoms with van der Waals surface area (Å²) in [5, 5.41) is 3.98. The SMILES string of the molecule is CCOC(=O)c1cnc2ccc(C(=O)OC)cc2c1Nc1ccc(N2CCCC2)cc1. The lowest BCUT2D eigenvalue weighted by molar-refractivity contribution is 0.0526. The first kappa shape index (κ1) is 20.7. The number of rotatable bonds is 6. The summed E-state index contributed by atoms with van der Waals surface area (Å²) in [5.41, 5.74) is 3.89. The van der Waals surface area contributed by atoms with Gasteiger partial charge in [0.05, 0.1) is 30.5 Å². The molecule has 1 aromatic heterocycles. The van der Waals surface area contributed by atoms with Gasteiger partial charge in [0.2, 0.25) is 0 Å². The van der Waals surface area contributed by atoms with Crippen molar-refractivity contribution in [3.8, 4) is 0 Å². The first-order valence-corrected chi connectivity index (χ1v) is 10.4. The Hall–Kier alpha value is -3.61. The lowest BCUT2D eigenvalue weighted by Crippen LogP contribution is -2.17. The molecule has 1 aliphatic rings. The van der Waals surface area contributed by atoms with Crippen molar-refractivity contribution >= 4 is 39.9 Å². The van der Waals surface area contributed by atoms with E-state index in [0.717, 1.165) is 18.8 Å². The van der Waals surface area contributed by atoms with Gasteiger partial charge in [-0.3, -0.25) is 4.98 Å². The summed E-state index contributed by atoms with van der Waals surface area (Å²) in [6.07, 6.45) is 3.93. The normalized spacial score (nSPS) is 13.3. The Kier molecular flexibility index (Phi) is 6.02. The third-order valence-corrected chi connectivity index (χ3v) is 5.39. The fourth-order valence-electron chi connectivity index (χ4n) is 3.81. The third kappa shape index (κ3) is 4.30. The summed E-state index contributed by atoms with van der Waals surface area (Å²) >= 11 is 0. The minimum atomic E-state index is -0.475. The van der Waals surface area contributed by atoms with Crippen LogP contribution in [0.3, 0.4) is 0 Å². The number of methoxy groups -OCH3 is 1. The zero-order valence-electron chi connectivity index (χ0n) is 17.7. The number of anilines is 3. The van der Waals surface area contributed by atoms with E-state index >= 15 is 0 Å². The molecule has 0 spiro atoms. The van der Waals surface area contributed by atoms with Crippen molar-refractivity contribution in [2.45, 2.75) is 19.8 Å². The molecule has 1 aliphatic heterocycles. The molecule has 1 saturated heterocycles. The van der Waals surface area contributed by atoms with E-state index in [2.05, 4.69) is 27.3 Å². The summed E-state index contributed by atoms with van der Waals surface area (Å²) in [6.45, 7) is 4.16. The van der Waals surface area contributed by atoms with Crippen molar-refractivity contribution < 1.29 is 19.1 Å². The number of fused-ring (bicyclic) bond motifs is 1. The molecule has 7 heteroatoms. The van der Waals surface area contributed by atoms with Gasteiger partial charge in [-0.25, -0.2) is 9.59 Å². The maximum Gasteiger partial charge on any atom is 0.341 e. The molecule has 2 aromatic carbocycles. The Morgan fingerprint density at radius 1 is 1.06 bits per heavy atom. The summed E-state index contributed by atoms with van der Waals surface area (Å²) < 4.78 is 10.1. The van der Waals surface area contributed by atoms with E-state index in [4.69, 9.17) is 9.47 Å². The summed E-state index contributed by atoms with van der Waals surface area (Å²) in [6, 6.07) is 13.2. The minimum Gasteiger partial charge on any atom is -0.465 e. The molecule has 1 fully saturated rings. The van der Waals surface area contributed by atoms with Crippen molar-refractivity contribution in [1.29, 1.82) is 0 Å². The highest BCUT2D eigenvalue weighted by Gasteiger charge is 2.19. The van der Waals surface area contributed by atoms with Gasteiger partial charge in [-0.1, -0.05) is 0 Å². The van der Waals surface area contributed by atoms with Gasteiger partial charge in [-0.15, -0.1) is 0 Å². The number of esters is 2. The van der Waals surface area contributed by atoms with Crippen LogP contribution in [0.1, 0.15) is 40.5 Å². The van der Waals surface area contributed by atoms with E-state index in [1.807, 2.05) is 12.1 Å². The molecule has 0 bridgehead atoms. The van der Waals surface area contributed by atoms with Crippen LogP contribution in [0.4, 0.5) is 17.1 Å². The first-order valence-electron chi connectivity index (χ1n) is 10.4. The minimum absolute atomic E-state index is 0.253. The highest BCUT2D eigenvalue weighted by Crippen LogP contribution is 2.32. The van der Waals surface area contributed by atoms with Gasteiger partial charge < -0.3 is 19.7 Å². The number of hydrogen-bond acceptors (Lipinski definition) is 7. The predicted molar refractivity (Wildman–Crippen MR) is 120 cm³/mol. The topological polar surface area (TPSA) is 80.8 Å². The van der Waals surface area contributed by atoms with Crippen molar-refractivity contribution in [2.24, 2.45) is 0 Å². The quantitative estimate of drug-likeness (QED) is 0.588. The number of carbonyl (C=O) groups excluding carboxylic acids is 2. The number of benzene rings is 2. The second-order valence-electron chi connectivity index (χ2n) is 7.36. The molecule has 7 nitrogen and oxygen atoms in total. The number of nitrogens with zero attached hydrogens (tertiary/aromatic N) is 2. The van der Waals surface area contributed by atoms with Gasteiger partial charge in [0.1, 0.15) is 5.56 Å². The molecule has 3 aromatic rings. The van der Waals surface area contributed by atoms with Crippen molar-refractivity contribution in [2.75, 3.05) is 37.0 Å². The van der Waals surface area contributed by atoms with Gasteiger partial charge in [-0.05, 0) is 62.2 Å². The van der Waals surface area contributed by atoms with Crippen LogP contribution in [0, 0.1) is 0 Å². The Balaban J connectivity index is 1.76. The second kappa shape index (κ2) is 9.04. The molecule has 160 valence electrons. The Labute approximate surface area is 181 Å². The fourth-order valence-corrected chi connectivity index (χ4v) is 3.81. The molecule has 4 rings (SSSR count). The van der Waals surface area contributed by atoms with Crippen LogP contribution in [0.5, 0.6) is 0 Å². The Morgan fingerprint density at radius 2 is 1.81 bits per heavy atom. The highest BCUT2D eigenvalue weighted by molar-refractivity contribution is 6.07. The van der Waals surface area contributed by atoms with Crippen LogP contribution in [0.2, 0.25) is 0 Å². The molecule has 0 saturated carbocycles. The molecule has 2 heterocycles. The third-order valence-electron chi connectivity index (χ3n) is 5.39. The fraction of sp³-hybridized carbons (Fsp3) is 0.292. The van der Waals surface area contributed by atoms with Gasteiger partial charge in [-0.2, -0.15) is 0 Å². The Morgan fingerprint density at radius 3 is 2.48 bits per heavy atom. The highest BCUT2D eigenvalue weighted by atomic mass is 16.5. The molecule has 1 N–H and O–H groups in total. The number of pyridine rings is 1. The largest absolute Gasteiger partial charge is 0.465 e. The van der Waals surface area contributed by atoms with Gasteiger partial charge in [0, 0.05) is 36.0 Å². The average molecular weight is 419 g/mol. The van der Waals surface area contributed by atoms with E-state index in [0.29, 0.717) is 27.7 Å². The second-order valence-corrected chi connectivity index (χ2v) is 7.36. The monoisotopic (exact) mass is 419 g/mol. The number of ether oxygens (including phenoxy) is 2. The van der Waals surface area contributed by atoms with Crippen LogP contribution < -0.4 is 10.2 Å². The number of hydrogen-bond donors (Lipinski definition) is 1. The number of aromatic nitrogens is 1. The molecule has 0 aliphatic carbocycles. The van der Waals surface area contributed by atoms with E-state index in [1.165, 1.54) is 31.8 Å². The predicted octanol–water partition coefficient (Wildman–Crippen LogP) is 4.54. The maximum atomic E-state index is 12.6. The molecule has 0 unspecified atom stereocenters. The van der Waals surface area contributed by atoms with E-state index in [9.17, 15) is 9.59 Å². The molecular formula is C24H25N3O4. The van der Waals surface area contributed by atoms with Crippen LogP contribution in [0.15, 0.2) is 48.7 Å². The maximum absolute atomic E-state index is 12.6. The van der Waals surface area contributed by atoms with Crippen LogP contribution in [-0.4, -0.2) is 43.7 Å². The molecule has 0 amide bonds. The van der Waals surface area contributed by atoms with Crippen molar-refractivity contribution in [3.63, 3.8) is 0 Å². The van der Waals surface area contributed by atoms with Crippen molar-refractivity contribution in [1.82, 2.24) is 4.98 Å². The standard InChI is InChI=1S/C24H25N3O4/c1-3-31-24(29)20-15-25-21-11-6-16(23(28)30-2)14-19(21)22(20)26-17-7-9-18(10-8-17)27-12-4-5-13-27/h6-11,14-15H,3-5,12-13H2,1-2H3,(H,25,26). The van der Waals surface area contributed by atoms with Crippen LogP contribution in [0.25, 0.3) is 10.9 Å².